The van der Waals surface area contributed by atoms with E-state index in [0.717, 1.165) is 0 Å². The molecule has 2 heterocycles. The molecule has 12 heavy (non-hydrogen) atoms. The van der Waals surface area contributed by atoms with E-state index in [9.17, 15) is 0 Å². The monoisotopic (exact) mass is 218 g/mol. The maximum atomic E-state index is 3.63. The van der Waals surface area contributed by atoms with Gasteiger partial charge in [-0.2, -0.15) is 10.4 Å². The van der Waals surface area contributed by atoms with Gasteiger partial charge in [0.1, 0.15) is 0 Å². The molecule has 2 rings (SSSR count). The number of hydrogen-bond donors (Lipinski definition) is 2. The van der Waals surface area contributed by atoms with Crippen LogP contribution in [-0.2, 0) is 0 Å². The molecule has 0 saturated heterocycles. The fourth-order valence-corrected chi connectivity index (χ4v) is 0.513. The molecular formula is C2H4K2N8. The van der Waals surface area contributed by atoms with Crippen molar-refractivity contribution in [3.05, 3.63) is 0 Å². The van der Waals surface area contributed by atoms with E-state index < -0.39 is 0 Å². The first-order valence-corrected chi connectivity index (χ1v) is 2.44. The fraction of sp³-hybridized carbons (Fsp3) is 0. The maximum absolute atomic E-state index is 3.63. The summed E-state index contributed by atoms with van der Waals surface area (Å²) in [6.45, 7) is 0. The van der Waals surface area contributed by atoms with Crippen molar-refractivity contribution in [1.29, 1.82) is 0 Å². The summed E-state index contributed by atoms with van der Waals surface area (Å²) in [7, 11) is 0. The molecule has 0 aliphatic rings. The Balaban J connectivity index is -0.000000302. The van der Waals surface area contributed by atoms with Gasteiger partial charge in [0.25, 0.3) is 0 Å². The molecule has 8 nitrogen and oxygen atoms in total. The van der Waals surface area contributed by atoms with Gasteiger partial charge >= 0.3 is 103 Å². The number of tetrazole rings is 2. The van der Waals surface area contributed by atoms with Gasteiger partial charge in [-0.05, 0) is 10.4 Å². The summed E-state index contributed by atoms with van der Waals surface area (Å²) in [5.41, 5.74) is 0. The van der Waals surface area contributed by atoms with Crippen molar-refractivity contribution in [2.45, 2.75) is 0 Å². The molecule has 0 aliphatic heterocycles. The van der Waals surface area contributed by atoms with Crippen molar-refractivity contribution in [3.8, 4) is 11.6 Å². The smallest absolute Gasteiger partial charge is 1.00 e. The zero-order valence-corrected chi connectivity index (χ0v) is 12.9. The Bertz CT molecular complexity index is 263. The number of hydrogen-bond acceptors (Lipinski definition) is 6. The molecule has 2 aromatic heterocycles. The maximum Gasteiger partial charge on any atom is 1.00 e. The Labute approximate surface area is 155 Å². The van der Waals surface area contributed by atoms with Crippen molar-refractivity contribution in [2.75, 3.05) is 0 Å². The molecule has 0 fully saturated rings. The summed E-state index contributed by atoms with van der Waals surface area (Å²) in [4.78, 5) is 0. The summed E-state index contributed by atoms with van der Waals surface area (Å²) >= 11 is 0. The minimum absolute atomic E-state index is 0. The van der Waals surface area contributed by atoms with E-state index in [4.69, 9.17) is 0 Å². The summed E-state index contributed by atoms with van der Waals surface area (Å²) in [6.07, 6.45) is 0. The number of aromatic nitrogens is 8. The van der Waals surface area contributed by atoms with Crippen LogP contribution in [0.2, 0.25) is 0 Å². The van der Waals surface area contributed by atoms with E-state index in [2.05, 4.69) is 41.2 Å². The zero-order chi connectivity index (χ0) is 6.81. The van der Waals surface area contributed by atoms with Gasteiger partial charge < -0.3 is 2.85 Å². The van der Waals surface area contributed by atoms with Crippen LogP contribution in [0.1, 0.15) is 2.85 Å². The number of aromatic amines is 2. The first-order valence-electron chi connectivity index (χ1n) is 2.44. The third kappa shape index (κ3) is 3.28. The Hall–Kier alpha value is 1.41. The molecule has 0 radical (unpaired) electrons. The second-order valence-electron chi connectivity index (χ2n) is 1.47. The van der Waals surface area contributed by atoms with Crippen LogP contribution in [0.3, 0.4) is 0 Å². The van der Waals surface area contributed by atoms with Crippen molar-refractivity contribution in [2.24, 2.45) is 0 Å². The SMILES string of the molecule is [H-].[H-].[K+].[K+].n1nc(-c2nn[nH]n2)n[nH]1. The summed E-state index contributed by atoms with van der Waals surface area (Å²) in [6, 6.07) is 0. The summed E-state index contributed by atoms with van der Waals surface area (Å²) in [5.74, 6) is 0.655. The molecule has 54 valence electrons. The van der Waals surface area contributed by atoms with Crippen molar-refractivity contribution < 1.29 is 106 Å². The van der Waals surface area contributed by atoms with Crippen molar-refractivity contribution >= 4 is 0 Å². The van der Waals surface area contributed by atoms with Crippen LogP contribution in [0, 0.1) is 0 Å². The van der Waals surface area contributed by atoms with Gasteiger partial charge in [-0.3, -0.25) is 0 Å². The molecule has 0 unspecified atom stereocenters. The average Bonchev–Trinajstić information content (AvgIpc) is 2.59. The topological polar surface area (TPSA) is 109 Å². The molecular weight excluding hydrogens is 214 g/mol. The van der Waals surface area contributed by atoms with Crippen LogP contribution in [0.25, 0.3) is 11.6 Å². The Morgan fingerprint density at radius 3 is 1.50 bits per heavy atom. The first kappa shape index (κ1) is 13.4. The van der Waals surface area contributed by atoms with Gasteiger partial charge in [0.15, 0.2) is 0 Å². The van der Waals surface area contributed by atoms with Crippen molar-refractivity contribution in [3.63, 3.8) is 0 Å². The molecule has 0 aromatic carbocycles. The van der Waals surface area contributed by atoms with Gasteiger partial charge in [0.2, 0.25) is 11.6 Å². The van der Waals surface area contributed by atoms with Gasteiger partial charge in [-0.15, -0.1) is 20.4 Å². The molecule has 0 amide bonds. The van der Waals surface area contributed by atoms with E-state index in [1.165, 1.54) is 0 Å². The van der Waals surface area contributed by atoms with E-state index in [-0.39, 0.29) is 106 Å². The minimum Gasteiger partial charge on any atom is -1.00 e. The predicted molar refractivity (Wildman–Crippen MR) is 29.6 cm³/mol. The number of nitrogens with zero attached hydrogens (tertiary/aromatic N) is 6. The molecule has 0 spiro atoms. The van der Waals surface area contributed by atoms with Gasteiger partial charge in [-0.25, -0.2) is 0 Å². The molecule has 0 bridgehead atoms. The fourth-order valence-electron chi connectivity index (χ4n) is 0.513. The third-order valence-corrected chi connectivity index (χ3v) is 0.891. The first-order chi connectivity index (χ1) is 4.97. The number of nitrogens with one attached hydrogen (secondary N) is 2. The molecule has 0 saturated carbocycles. The Morgan fingerprint density at radius 1 is 0.833 bits per heavy atom. The summed E-state index contributed by atoms with van der Waals surface area (Å²) < 4.78 is 0. The van der Waals surface area contributed by atoms with Gasteiger partial charge in [0, 0.05) is 0 Å². The quantitative estimate of drug-likeness (QED) is 0.460. The molecule has 10 heteroatoms. The van der Waals surface area contributed by atoms with Crippen molar-refractivity contribution in [1.82, 2.24) is 41.2 Å². The zero-order valence-electron chi connectivity index (χ0n) is 8.68. The van der Waals surface area contributed by atoms with E-state index in [0.29, 0.717) is 11.6 Å². The van der Waals surface area contributed by atoms with Crippen LogP contribution in [0.5, 0.6) is 0 Å². The standard InChI is InChI=1S/C2H2N8.2K.2H/c3-1(4-8-7-3)2-5-9-10-6-2;;;;/h(H,3,4,7,8)(H,5,6,9,10);;;;/q;2*+1;2*-1. The minimum atomic E-state index is 0. The predicted octanol–water partition coefficient (Wildman–Crippen LogP) is -7.39. The van der Waals surface area contributed by atoms with E-state index in [1.807, 2.05) is 0 Å². The largest absolute Gasteiger partial charge is 1.00 e. The second-order valence-corrected chi connectivity index (χ2v) is 1.47. The van der Waals surface area contributed by atoms with E-state index in [1.54, 1.807) is 0 Å². The van der Waals surface area contributed by atoms with Crippen LogP contribution in [0.4, 0.5) is 0 Å². The normalized spacial score (nSPS) is 8.33. The number of rotatable bonds is 1. The van der Waals surface area contributed by atoms with Gasteiger partial charge in [-0.1, -0.05) is 0 Å². The van der Waals surface area contributed by atoms with Crippen LogP contribution < -0.4 is 103 Å². The Kier molecular flexibility index (Phi) is 7.61. The second kappa shape index (κ2) is 6.81. The third-order valence-electron chi connectivity index (χ3n) is 0.891. The Morgan fingerprint density at radius 2 is 1.25 bits per heavy atom. The average molecular weight is 218 g/mol. The molecule has 0 aliphatic carbocycles. The van der Waals surface area contributed by atoms with E-state index >= 15 is 0 Å². The van der Waals surface area contributed by atoms with Crippen LogP contribution >= 0.6 is 0 Å². The molecule has 2 aromatic rings. The van der Waals surface area contributed by atoms with Crippen LogP contribution in [0.15, 0.2) is 0 Å². The van der Waals surface area contributed by atoms with Crippen LogP contribution in [-0.4, -0.2) is 41.2 Å². The molecule has 2 N–H and O–H groups in total. The molecule has 0 atom stereocenters. The van der Waals surface area contributed by atoms with Gasteiger partial charge in [0.05, 0.1) is 0 Å². The number of H-pyrrole nitrogens is 2. The summed E-state index contributed by atoms with van der Waals surface area (Å²) in [5, 5.41) is 25.7.